The molecule has 0 saturated heterocycles. The Kier molecular flexibility index (Phi) is 13.8. The van der Waals surface area contributed by atoms with Crippen LogP contribution in [0.2, 0.25) is 0 Å². The number of guanidine groups is 1. The Morgan fingerprint density at radius 2 is 1.95 bits per heavy atom. The lowest BCUT2D eigenvalue weighted by Gasteiger charge is -2.17. The molecule has 1 unspecified atom stereocenters. The number of nitrogens with one attached hydrogen (secondary N) is 3. The number of carbonyl (C=O) groups is 1. The molecule has 6 nitrogen and oxygen atoms in total. The molecule has 0 fully saturated rings. The van der Waals surface area contributed by atoms with Crippen LogP contribution in [0.15, 0.2) is 4.99 Å². The number of hydrogen-bond acceptors (Lipinski definition) is 3. The van der Waals surface area contributed by atoms with Crippen LogP contribution >= 0.6 is 0 Å². The highest BCUT2D eigenvalue weighted by molar-refractivity contribution is 5.84. The van der Waals surface area contributed by atoms with E-state index in [1.54, 1.807) is 7.11 Å². The van der Waals surface area contributed by atoms with E-state index in [4.69, 9.17) is 4.74 Å². The van der Waals surface area contributed by atoms with Crippen molar-refractivity contribution < 1.29 is 9.53 Å². The van der Waals surface area contributed by atoms with Gasteiger partial charge in [0, 0.05) is 26.7 Å². The SMILES string of the molecule is CCCCC(CC)CNC(=NCC(=O)NCCOC)NCC. The third kappa shape index (κ3) is 11.4. The molecular formula is C16H34N4O2. The molecule has 0 spiro atoms. The highest BCUT2D eigenvalue weighted by Crippen LogP contribution is 2.10. The number of ether oxygens (including phenoxy) is 1. The summed E-state index contributed by atoms with van der Waals surface area (Å²) in [6.07, 6.45) is 4.88. The van der Waals surface area contributed by atoms with Crippen LogP contribution in [0.1, 0.15) is 46.5 Å². The third-order valence-corrected chi connectivity index (χ3v) is 3.45. The first-order chi connectivity index (χ1) is 10.7. The molecule has 0 heterocycles. The first kappa shape index (κ1) is 20.7. The molecule has 130 valence electrons. The summed E-state index contributed by atoms with van der Waals surface area (Å²) in [7, 11) is 1.61. The van der Waals surface area contributed by atoms with E-state index in [0.717, 1.165) is 19.5 Å². The van der Waals surface area contributed by atoms with Crippen molar-refractivity contribution in [1.29, 1.82) is 0 Å². The maximum absolute atomic E-state index is 11.6. The Labute approximate surface area is 135 Å². The summed E-state index contributed by atoms with van der Waals surface area (Å²) in [5, 5.41) is 9.27. The number of hydrogen-bond donors (Lipinski definition) is 3. The second kappa shape index (κ2) is 14.6. The summed E-state index contributed by atoms with van der Waals surface area (Å²) in [6.45, 7) is 9.29. The minimum Gasteiger partial charge on any atom is -0.383 e. The van der Waals surface area contributed by atoms with Gasteiger partial charge in [0.25, 0.3) is 0 Å². The number of aliphatic imine (C=N–C) groups is 1. The molecule has 0 aromatic carbocycles. The monoisotopic (exact) mass is 314 g/mol. The Bertz CT molecular complexity index is 309. The van der Waals surface area contributed by atoms with Gasteiger partial charge in [0.2, 0.25) is 5.91 Å². The summed E-state index contributed by atoms with van der Waals surface area (Å²) in [5.41, 5.74) is 0. The fourth-order valence-electron chi connectivity index (χ4n) is 2.03. The van der Waals surface area contributed by atoms with Gasteiger partial charge in [-0.05, 0) is 19.3 Å². The van der Waals surface area contributed by atoms with Gasteiger partial charge in [-0.3, -0.25) is 4.79 Å². The number of rotatable bonds is 12. The lowest BCUT2D eigenvalue weighted by atomic mass is 9.99. The molecule has 1 amide bonds. The molecule has 0 aromatic rings. The molecule has 3 N–H and O–H groups in total. The fraction of sp³-hybridized carbons (Fsp3) is 0.875. The molecule has 0 rings (SSSR count). The maximum Gasteiger partial charge on any atom is 0.241 e. The fourth-order valence-corrected chi connectivity index (χ4v) is 2.03. The Morgan fingerprint density at radius 3 is 2.55 bits per heavy atom. The van der Waals surface area contributed by atoms with Crippen molar-refractivity contribution in [3.8, 4) is 0 Å². The van der Waals surface area contributed by atoms with Crippen molar-refractivity contribution in [2.75, 3.05) is 39.9 Å². The zero-order valence-corrected chi connectivity index (χ0v) is 14.7. The van der Waals surface area contributed by atoms with E-state index < -0.39 is 0 Å². The standard InChI is InChI=1S/C16H34N4O2/c1-5-8-9-14(6-2)12-19-16(17-7-3)20-13-15(21)18-10-11-22-4/h14H,5-13H2,1-4H3,(H,18,21)(H2,17,19,20). The number of amides is 1. The number of carbonyl (C=O) groups excluding carboxylic acids is 1. The quantitative estimate of drug-likeness (QED) is 0.290. The van der Waals surface area contributed by atoms with E-state index in [1.165, 1.54) is 19.3 Å². The minimum absolute atomic E-state index is 0.0905. The number of unbranched alkanes of at least 4 members (excludes halogenated alkanes) is 1. The molecule has 0 aliphatic heterocycles. The van der Waals surface area contributed by atoms with Gasteiger partial charge in [0.05, 0.1) is 6.61 Å². The van der Waals surface area contributed by atoms with Crippen LogP contribution in [-0.4, -0.2) is 51.8 Å². The molecule has 6 heteroatoms. The van der Waals surface area contributed by atoms with Crippen molar-refractivity contribution in [2.45, 2.75) is 46.5 Å². The highest BCUT2D eigenvalue weighted by Gasteiger charge is 2.07. The van der Waals surface area contributed by atoms with E-state index in [2.05, 4.69) is 34.8 Å². The van der Waals surface area contributed by atoms with Crippen LogP contribution < -0.4 is 16.0 Å². The van der Waals surface area contributed by atoms with E-state index in [1.807, 2.05) is 6.92 Å². The van der Waals surface area contributed by atoms with Gasteiger partial charge in [-0.2, -0.15) is 0 Å². The molecule has 0 bridgehead atoms. The summed E-state index contributed by atoms with van der Waals surface area (Å²) in [5.74, 6) is 1.27. The van der Waals surface area contributed by atoms with Crippen molar-refractivity contribution in [2.24, 2.45) is 10.9 Å². The third-order valence-electron chi connectivity index (χ3n) is 3.45. The zero-order valence-electron chi connectivity index (χ0n) is 14.7. The highest BCUT2D eigenvalue weighted by atomic mass is 16.5. The van der Waals surface area contributed by atoms with E-state index >= 15 is 0 Å². The predicted octanol–water partition coefficient (Wildman–Crippen LogP) is 1.52. The smallest absolute Gasteiger partial charge is 0.241 e. The molecule has 0 aromatic heterocycles. The molecule has 1 atom stereocenters. The van der Waals surface area contributed by atoms with E-state index in [-0.39, 0.29) is 12.5 Å². The van der Waals surface area contributed by atoms with Gasteiger partial charge in [0.15, 0.2) is 5.96 Å². The van der Waals surface area contributed by atoms with Crippen LogP contribution in [0.25, 0.3) is 0 Å². The van der Waals surface area contributed by atoms with Crippen LogP contribution in [-0.2, 0) is 9.53 Å². The van der Waals surface area contributed by atoms with Crippen molar-refractivity contribution in [3.63, 3.8) is 0 Å². The molecule has 0 aliphatic carbocycles. The minimum atomic E-state index is -0.0905. The van der Waals surface area contributed by atoms with Gasteiger partial charge in [-0.1, -0.05) is 33.1 Å². The Balaban J connectivity index is 4.21. The van der Waals surface area contributed by atoms with Crippen LogP contribution in [0.3, 0.4) is 0 Å². The second-order valence-electron chi connectivity index (χ2n) is 5.34. The maximum atomic E-state index is 11.6. The summed E-state index contributed by atoms with van der Waals surface area (Å²) < 4.78 is 4.89. The number of methoxy groups -OCH3 is 1. The van der Waals surface area contributed by atoms with Crippen molar-refractivity contribution in [1.82, 2.24) is 16.0 Å². The van der Waals surface area contributed by atoms with Gasteiger partial charge >= 0.3 is 0 Å². The van der Waals surface area contributed by atoms with Gasteiger partial charge in [-0.25, -0.2) is 4.99 Å². The lowest BCUT2D eigenvalue weighted by molar-refractivity contribution is -0.119. The first-order valence-electron chi connectivity index (χ1n) is 8.45. The Morgan fingerprint density at radius 1 is 1.18 bits per heavy atom. The predicted molar refractivity (Wildman–Crippen MR) is 92.2 cm³/mol. The van der Waals surface area contributed by atoms with Crippen LogP contribution in [0, 0.1) is 5.92 Å². The molecular weight excluding hydrogens is 280 g/mol. The average molecular weight is 314 g/mol. The molecule has 22 heavy (non-hydrogen) atoms. The van der Waals surface area contributed by atoms with Gasteiger partial charge < -0.3 is 20.7 Å². The lowest BCUT2D eigenvalue weighted by Crippen LogP contribution is -2.40. The average Bonchev–Trinajstić information content (AvgIpc) is 2.52. The van der Waals surface area contributed by atoms with E-state index in [0.29, 0.717) is 25.0 Å². The summed E-state index contributed by atoms with van der Waals surface area (Å²) >= 11 is 0. The largest absolute Gasteiger partial charge is 0.383 e. The summed E-state index contributed by atoms with van der Waals surface area (Å²) in [4.78, 5) is 16.0. The second-order valence-corrected chi connectivity index (χ2v) is 5.34. The van der Waals surface area contributed by atoms with Crippen molar-refractivity contribution >= 4 is 11.9 Å². The molecule has 0 saturated carbocycles. The molecule has 0 aliphatic rings. The van der Waals surface area contributed by atoms with Gasteiger partial charge in [0.1, 0.15) is 6.54 Å². The van der Waals surface area contributed by atoms with Gasteiger partial charge in [-0.15, -0.1) is 0 Å². The Hall–Kier alpha value is -1.30. The first-order valence-corrected chi connectivity index (χ1v) is 8.45. The van der Waals surface area contributed by atoms with E-state index in [9.17, 15) is 4.79 Å². The molecule has 0 radical (unpaired) electrons. The summed E-state index contributed by atoms with van der Waals surface area (Å²) in [6, 6.07) is 0. The number of nitrogens with zero attached hydrogens (tertiary/aromatic N) is 1. The topological polar surface area (TPSA) is 74.8 Å². The van der Waals surface area contributed by atoms with Crippen LogP contribution in [0.4, 0.5) is 0 Å². The van der Waals surface area contributed by atoms with Crippen molar-refractivity contribution in [3.05, 3.63) is 0 Å². The zero-order chi connectivity index (χ0) is 16.6. The van der Waals surface area contributed by atoms with Crippen LogP contribution in [0.5, 0.6) is 0 Å². The normalized spacial score (nSPS) is 12.8.